The number of likely N-dealkylation sites (tertiary alicyclic amines) is 1. The van der Waals surface area contributed by atoms with E-state index in [-0.39, 0.29) is 6.03 Å². The maximum absolute atomic E-state index is 11.5. The molecule has 2 amide bonds. The fourth-order valence-corrected chi connectivity index (χ4v) is 2.46. The minimum Gasteiger partial charge on any atom is -0.338 e. The first-order chi connectivity index (χ1) is 6.26. The standard InChI is InChI=1S/C10H18N2O/c1-2-11-9(13)12-7-6-10(8-12)4-3-5-10/h2-8H2,1H3,(H,11,13). The summed E-state index contributed by atoms with van der Waals surface area (Å²) < 4.78 is 0. The second-order valence-corrected chi connectivity index (χ2v) is 4.36. The van der Waals surface area contributed by atoms with Gasteiger partial charge < -0.3 is 10.2 Å². The van der Waals surface area contributed by atoms with Crippen molar-refractivity contribution in [2.75, 3.05) is 19.6 Å². The maximum Gasteiger partial charge on any atom is 0.317 e. The Morgan fingerprint density at radius 1 is 1.46 bits per heavy atom. The highest BCUT2D eigenvalue weighted by Crippen LogP contribution is 2.47. The number of nitrogens with one attached hydrogen (secondary N) is 1. The number of carbonyl (C=O) groups is 1. The van der Waals surface area contributed by atoms with Gasteiger partial charge in [0.1, 0.15) is 0 Å². The van der Waals surface area contributed by atoms with Crippen molar-refractivity contribution < 1.29 is 4.79 Å². The molecule has 1 spiro atoms. The Balaban J connectivity index is 1.87. The second-order valence-electron chi connectivity index (χ2n) is 4.36. The molecule has 0 unspecified atom stereocenters. The van der Waals surface area contributed by atoms with Gasteiger partial charge in [0.25, 0.3) is 0 Å². The summed E-state index contributed by atoms with van der Waals surface area (Å²) in [6.45, 7) is 4.67. The highest BCUT2D eigenvalue weighted by molar-refractivity contribution is 5.74. The maximum atomic E-state index is 11.5. The summed E-state index contributed by atoms with van der Waals surface area (Å²) in [7, 11) is 0. The lowest BCUT2D eigenvalue weighted by Gasteiger charge is -2.37. The van der Waals surface area contributed by atoms with Gasteiger partial charge in [-0.05, 0) is 31.6 Å². The van der Waals surface area contributed by atoms with Crippen molar-refractivity contribution in [3.05, 3.63) is 0 Å². The fourth-order valence-electron chi connectivity index (χ4n) is 2.46. The smallest absolute Gasteiger partial charge is 0.317 e. The highest BCUT2D eigenvalue weighted by Gasteiger charge is 2.43. The molecule has 0 atom stereocenters. The Morgan fingerprint density at radius 3 is 2.69 bits per heavy atom. The molecule has 1 N–H and O–H groups in total. The van der Waals surface area contributed by atoms with E-state index in [9.17, 15) is 4.79 Å². The number of hydrogen-bond donors (Lipinski definition) is 1. The van der Waals surface area contributed by atoms with Crippen LogP contribution >= 0.6 is 0 Å². The topological polar surface area (TPSA) is 32.3 Å². The Bertz CT molecular complexity index is 211. The summed E-state index contributed by atoms with van der Waals surface area (Å²) in [4.78, 5) is 13.5. The van der Waals surface area contributed by atoms with Gasteiger partial charge in [-0.3, -0.25) is 0 Å². The lowest BCUT2D eigenvalue weighted by atomic mass is 9.68. The molecule has 1 heterocycles. The average Bonchev–Trinajstić information content (AvgIpc) is 2.47. The highest BCUT2D eigenvalue weighted by atomic mass is 16.2. The predicted octanol–water partition coefficient (Wildman–Crippen LogP) is 1.59. The first kappa shape index (κ1) is 8.85. The van der Waals surface area contributed by atoms with Crippen LogP contribution < -0.4 is 5.32 Å². The molecule has 1 aliphatic carbocycles. The average molecular weight is 182 g/mol. The van der Waals surface area contributed by atoms with Gasteiger partial charge in [-0.15, -0.1) is 0 Å². The first-order valence-corrected chi connectivity index (χ1v) is 5.29. The Kier molecular flexibility index (Phi) is 2.18. The number of rotatable bonds is 1. The van der Waals surface area contributed by atoms with Gasteiger partial charge in [-0.2, -0.15) is 0 Å². The van der Waals surface area contributed by atoms with Crippen LogP contribution in [0.15, 0.2) is 0 Å². The van der Waals surface area contributed by atoms with E-state index < -0.39 is 0 Å². The number of amides is 2. The molecule has 0 aromatic heterocycles. The van der Waals surface area contributed by atoms with Crippen LogP contribution in [-0.2, 0) is 0 Å². The summed E-state index contributed by atoms with van der Waals surface area (Å²) >= 11 is 0. The van der Waals surface area contributed by atoms with E-state index in [4.69, 9.17) is 0 Å². The molecular weight excluding hydrogens is 164 g/mol. The van der Waals surface area contributed by atoms with Crippen LogP contribution in [0.1, 0.15) is 32.6 Å². The quantitative estimate of drug-likeness (QED) is 0.656. The van der Waals surface area contributed by atoms with Gasteiger partial charge >= 0.3 is 6.03 Å². The summed E-state index contributed by atoms with van der Waals surface area (Å²) in [5.74, 6) is 0. The fraction of sp³-hybridized carbons (Fsp3) is 0.900. The summed E-state index contributed by atoms with van der Waals surface area (Å²) in [6.07, 6.45) is 5.26. The molecule has 1 saturated carbocycles. The van der Waals surface area contributed by atoms with Crippen LogP contribution in [0.2, 0.25) is 0 Å². The molecule has 0 radical (unpaired) electrons. The van der Waals surface area contributed by atoms with E-state index in [0.29, 0.717) is 5.41 Å². The zero-order chi connectivity index (χ0) is 9.31. The van der Waals surface area contributed by atoms with Crippen LogP contribution in [0.25, 0.3) is 0 Å². The first-order valence-electron chi connectivity index (χ1n) is 5.29. The van der Waals surface area contributed by atoms with E-state index in [1.54, 1.807) is 0 Å². The zero-order valence-corrected chi connectivity index (χ0v) is 8.31. The van der Waals surface area contributed by atoms with Gasteiger partial charge in [-0.1, -0.05) is 6.42 Å². The van der Waals surface area contributed by atoms with E-state index >= 15 is 0 Å². The van der Waals surface area contributed by atoms with Gasteiger partial charge in [-0.25, -0.2) is 4.79 Å². The third kappa shape index (κ3) is 1.52. The van der Waals surface area contributed by atoms with E-state index in [1.807, 2.05) is 11.8 Å². The minimum atomic E-state index is 0.131. The number of carbonyl (C=O) groups excluding carboxylic acids is 1. The predicted molar refractivity (Wildman–Crippen MR) is 51.5 cm³/mol. The monoisotopic (exact) mass is 182 g/mol. The molecule has 1 aliphatic heterocycles. The van der Waals surface area contributed by atoms with Crippen LogP contribution in [0.3, 0.4) is 0 Å². The van der Waals surface area contributed by atoms with Gasteiger partial charge in [0.15, 0.2) is 0 Å². The van der Waals surface area contributed by atoms with E-state index in [0.717, 1.165) is 19.6 Å². The molecule has 3 nitrogen and oxygen atoms in total. The number of urea groups is 1. The zero-order valence-electron chi connectivity index (χ0n) is 8.31. The molecule has 3 heteroatoms. The van der Waals surface area contributed by atoms with Crippen molar-refractivity contribution in [1.29, 1.82) is 0 Å². The number of nitrogens with zero attached hydrogens (tertiary/aromatic N) is 1. The summed E-state index contributed by atoms with van der Waals surface area (Å²) in [5.41, 5.74) is 0.533. The number of hydrogen-bond acceptors (Lipinski definition) is 1. The SMILES string of the molecule is CCNC(=O)N1CCC2(CCC2)C1. The molecule has 0 aromatic rings. The van der Waals surface area contributed by atoms with Crippen molar-refractivity contribution in [3.8, 4) is 0 Å². The molecule has 2 fully saturated rings. The van der Waals surface area contributed by atoms with Crippen LogP contribution in [-0.4, -0.2) is 30.6 Å². The molecular formula is C10H18N2O. The van der Waals surface area contributed by atoms with Crippen molar-refractivity contribution in [3.63, 3.8) is 0 Å². The summed E-state index contributed by atoms with van der Waals surface area (Å²) in [5, 5.41) is 2.86. The third-order valence-corrected chi connectivity index (χ3v) is 3.47. The normalized spacial score (nSPS) is 24.5. The van der Waals surface area contributed by atoms with Crippen molar-refractivity contribution in [2.45, 2.75) is 32.6 Å². The molecule has 2 aliphatic rings. The van der Waals surface area contributed by atoms with Crippen LogP contribution in [0.4, 0.5) is 4.79 Å². The Labute approximate surface area is 79.5 Å². The third-order valence-electron chi connectivity index (χ3n) is 3.47. The van der Waals surface area contributed by atoms with Gasteiger partial charge in [0, 0.05) is 19.6 Å². The molecule has 2 rings (SSSR count). The van der Waals surface area contributed by atoms with Crippen molar-refractivity contribution in [1.82, 2.24) is 10.2 Å². The molecule has 0 aromatic carbocycles. The molecule has 0 bridgehead atoms. The summed E-state index contributed by atoms with van der Waals surface area (Å²) in [6, 6.07) is 0.131. The van der Waals surface area contributed by atoms with E-state index in [2.05, 4.69) is 5.32 Å². The van der Waals surface area contributed by atoms with Crippen molar-refractivity contribution >= 4 is 6.03 Å². The largest absolute Gasteiger partial charge is 0.338 e. The Morgan fingerprint density at radius 2 is 2.23 bits per heavy atom. The molecule has 13 heavy (non-hydrogen) atoms. The van der Waals surface area contributed by atoms with Crippen molar-refractivity contribution in [2.24, 2.45) is 5.41 Å². The molecule has 1 saturated heterocycles. The van der Waals surface area contributed by atoms with E-state index in [1.165, 1.54) is 25.7 Å². The van der Waals surface area contributed by atoms with Gasteiger partial charge in [0.05, 0.1) is 0 Å². The molecule has 74 valence electrons. The Hall–Kier alpha value is -0.730. The minimum absolute atomic E-state index is 0.131. The van der Waals surface area contributed by atoms with Crippen LogP contribution in [0.5, 0.6) is 0 Å². The lowest BCUT2D eigenvalue weighted by molar-refractivity contribution is 0.141. The van der Waals surface area contributed by atoms with Crippen LogP contribution in [0, 0.1) is 5.41 Å². The second kappa shape index (κ2) is 3.20. The lowest BCUT2D eigenvalue weighted by Crippen LogP contribution is -2.41. The van der Waals surface area contributed by atoms with Gasteiger partial charge in [0.2, 0.25) is 0 Å².